The van der Waals surface area contributed by atoms with Crippen molar-refractivity contribution >= 4 is 22.4 Å². The van der Waals surface area contributed by atoms with Crippen LogP contribution in [-0.4, -0.2) is 51.8 Å². The van der Waals surface area contributed by atoms with Crippen molar-refractivity contribution in [2.45, 2.75) is 0 Å². The number of carbonyl (C=O) groups is 1. The highest BCUT2D eigenvalue weighted by Crippen LogP contribution is 2.19. The summed E-state index contributed by atoms with van der Waals surface area (Å²) in [7, 11) is 0. The van der Waals surface area contributed by atoms with Crippen molar-refractivity contribution in [3.8, 4) is 5.69 Å². The number of hydrogen-bond donors (Lipinski definition) is 0. The summed E-state index contributed by atoms with van der Waals surface area (Å²) in [6, 6.07) is 9.80. The molecule has 1 saturated heterocycles. The van der Waals surface area contributed by atoms with Gasteiger partial charge >= 0.3 is 0 Å². The molecule has 0 radical (unpaired) electrons. The Kier molecular flexibility index (Phi) is 4.00. The molecule has 0 bridgehead atoms. The Hall–Kier alpha value is -2.67. The number of aromatic nitrogens is 3. The SMILES string of the molecule is O=C(c1cnn(-c2ccccc2)c1)N1CCN(c2nccs2)CC1. The molecule has 0 unspecified atom stereocenters. The Morgan fingerprint density at radius 1 is 1.08 bits per heavy atom. The molecule has 1 amide bonds. The average Bonchev–Trinajstić information content (AvgIpc) is 3.34. The molecule has 3 aromatic rings. The summed E-state index contributed by atoms with van der Waals surface area (Å²) < 4.78 is 1.74. The van der Waals surface area contributed by atoms with Crippen molar-refractivity contribution in [3.05, 3.63) is 59.9 Å². The predicted molar refractivity (Wildman–Crippen MR) is 93.8 cm³/mol. The lowest BCUT2D eigenvalue weighted by atomic mass is 10.2. The first-order valence-electron chi connectivity index (χ1n) is 7.85. The van der Waals surface area contributed by atoms with Crippen LogP contribution in [0.25, 0.3) is 5.69 Å². The largest absolute Gasteiger partial charge is 0.345 e. The number of nitrogens with zero attached hydrogens (tertiary/aromatic N) is 5. The fourth-order valence-electron chi connectivity index (χ4n) is 2.81. The minimum atomic E-state index is 0.0379. The summed E-state index contributed by atoms with van der Waals surface area (Å²) in [5.41, 5.74) is 1.58. The molecular weight excluding hydrogens is 322 g/mol. The molecule has 122 valence electrons. The lowest BCUT2D eigenvalue weighted by Crippen LogP contribution is -2.48. The van der Waals surface area contributed by atoms with Gasteiger partial charge in [-0.15, -0.1) is 11.3 Å². The van der Waals surface area contributed by atoms with Gasteiger partial charge in [-0.1, -0.05) is 18.2 Å². The predicted octanol–water partition coefficient (Wildman–Crippen LogP) is 2.29. The maximum Gasteiger partial charge on any atom is 0.257 e. The monoisotopic (exact) mass is 339 g/mol. The van der Waals surface area contributed by atoms with E-state index in [-0.39, 0.29) is 5.91 Å². The Balaban J connectivity index is 1.43. The smallest absolute Gasteiger partial charge is 0.257 e. The maximum absolute atomic E-state index is 12.7. The van der Waals surface area contributed by atoms with Gasteiger partial charge in [-0.3, -0.25) is 4.79 Å². The molecule has 0 spiro atoms. The van der Waals surface area contributed by atoms with Crippen molar-refractivity contribution in [3.63, 3.8) is 0 Å². The van der Waals surface area contributed by atoms with E-state index in [1.54, 1.807) is 28.4 Å². The minimum Gasteiger partial charge on any atom is -0.345 e. The van der Waals surface area contributed by atoms with Gasteiger partial charge in [0.05, 0.1) is 17.4 Å². The zero-order valence-corrected chi connectivity index (χ0v) is 13.9. The number of benzene rings is 1. The quantitative estimate of drug-likeness (QED) is 0.735. The van der Waals surface area contributed by atoms with Crippen molar-refractivity contribution in [1.82, 2.24) is 19.7 Å². The number of rotatable bonds is 3. The molecule has 0 atom stereocenters. The van der Waals surface area contributed by atoms with Gasteiger partial charge in [-0.05, 0) is 12.1 Å². The van der Waals surface area contributed by atoms with Crippen molar-refractivity contribution in [2.75, 3.05) is 31.1 Å². The number of amides is 1. The first-order valence-corrected chi connectivity index (χ1v) is 8.73. The topological polar surface area (TPSA) is 54.3 Å². The van der Waals surface area contributed by atoms with Crippen LogP contribution in [0.2, 0.25) is 0 Å². The third kappa shape index (κ3) is 2.90. The highest BCUT2D eigenvalue weighted by molar-refractivity contribution is 7.13. The van der Waals surface area contributed by atoms with Gasteiger partial charge in [0.1, 0.15) is 0 Å². The van der Waals surface area contributed by atoms with E-state index >= 15 is 0 Å². The molecule has 1 aliphatic heterocycles. The fourth-order valence-corrected chi connectivity index (χ4v) is 3.51. The van der Waals surface area contributed by atoms with Gasteiger partial charge in [0.2, 0.25) is 0 Å². The molecule has 0 saturated carbocycles. The number of thiazole rings is 1. The van der Waals surface area contributed by atoms with E-state index in [0.717, 1.165) is 23.9 Å². The highest BCUT2D eigenvalue weighted by Gasteiger charge is 2.24. The zero-order chi connectivity index (χ0) is 16.4. The van der Waals surface area contributed by atoms with Gasteiger partial charge in [0.25, 0.3) is 5.91 Å². The van der Waals surface area contributed by atoms with Crippen molar-refractivity contribution in [1.29, 1.82) is 0 Å². The van der Waals surface area contributed by atoms with Crippen LogP contribution in [0.1, 0.15) is 10.4 Å². The van der Waals surface area contributed by atoms with Crippen LogP contribution in [0.3, 0.4) is 0 Å². The fraction of sp³-hybridized carbons (Fsp3) is 0.235. The van der Waals surface area contributed by atoms with Crippen molar-refractivity contribution in [2.24, 2.45) is 0 Å². The van der Waals surface area contributed by atoms with Gasteiger partial charge in [-0.25, -0.2) is 9.67 Å². The number of carbonyl (C=O) groups excluding carboxylic acids is 1. The van der Waals surface area contributed by atoms with E-state index in [2.05, 4.69) is 15.0 Å². The third-order valence-electron chi connectivity index (χ3n) is 4.11. The Bertz CT molecular complexity index is 807. The minimum absolute atomic E-state index is 0.0379. The third-order valence-corrected chi connectivity index (χ3v) is 4.94. The number of para-hydroxylation sites is 1. The summed E-state index contributed by atoms with van der Waals surface area (Å²) in [5, 5.41) is 7.31. The van der Waals surface area contributed by atoms with Gasteiger partial charge in [0.15, 0.2) is 5.13 Å². The molecule has 1 aromatic carbocycles. The summed E-state index contributed by atoms with van der Waals surface area (Å²) in [6.07, 6.45) is 5.25. The van der Waals surface area contributed by atoms with E-state index < -0.39 is 0 Å². The van der Waals surface area contributed by atoms with Crippen LogP contribution in [0.4, 0.5) is 5.13 Å². The summed E-state index contributed by atoms with van der Waals surface area (Å²) in [6.45, 7) is 3.03. The summed E-state index contributed by atoms with van der Waals surface area (Å²) in [4.78, 5) is 21.1. The Labute approximate surface area is 144 Å². The molecule has 1 aliphatic rings. The lowest BCUT2D eigenvalue weighted by molar-refractivity contribution is 0.0747. The van der Waals surface area contributed by atoms with Gasteiger partial charge < -0.3 is 9.80 Å². The Morgan fingerprint density at radius 2 is 1.88 bits per heavy atom. The summed E-state index contributed by atoms with van der Waals surface area (Å²) >= 11 is 1.63. The first kappa shape index (κ1) is 14.9. The molecule has 1 fully saturated rings. The van der Waals surface area contributed by atoms with Crippen LogP contribution in [0.5, 0.6) is 0 Å². The van der Waals surface area contributed by atoms with Crippen LogP contribution < -0.4 is 4.90 Å². The molecule has 3 heterocycles. The molecule has 6 nitrogen and oxygen atoms in total. The molecule has 2 aromatic heterocycles. The second-order valence-electron chi connectivity index (χ2n) is 5.60. The number of hydrogen-bond acceptors (Lipinski definition) is 5. The highest BCUT2D eigenvalue weighted by atomic mass is 32.1. The van der Waals surface area contributed by atoms with Gasteiger partial charge in [-0.2, -0.15) is 5.10 Å². The molecule has 24 heavy (non-hydrogen) atoms. The molecule has 0 N–H and O–H groups in total. The average molecular weight is 339 g/mol. The van der Waals surface area contributed by atoms with Crippen LogP contribution in [0, 0.1) is 0 Å². The number of piperazine rings is 1. The van der Waals surface area contributed by atoms with E-state index in [9.17, 15) is 4.79 Å². The number of anilines is 1. The molecule has 7 heteroatoms. The Morgan fingerprint density at radius 3 is 2.58 bits per heavy atom. The van der Waals surface area contributed by atoms with Crippen LogP contribution >= 0.6 is 11.3 Å². The molecule has 4 rings (SSSR count). The second-order valence-corrected chi connectivity index (χ2v) is 6.48. The standard InChI is InChI=1S/C17H17N5OS/c23-16(14-12-19-22(13-14)15-4-2-1-3-5-15)20-7-9-21(10-8-20)17-18-6-11-24-17/h1-6,11-13H,7-10H2. The van der Waals surface area contributed by atoms with E-state index in [0.29, 0.717) is 18.7 Å². The van der Waals surface area contributed by atoms with Gasteiger partial charge in [0, 0.05) is 44.0 Å². The van der Waals surface area contributed by atoms with Crippen LogP contribution in [0.15, 0.2) is 54.3 Å². The second kappa shape index (κ2) is 6.45. The first-order chi connectivity index (χ1) is 11.8. The zero-order valence-electron chi connectivity index (χ0n) is 13.1. The summed E-state index contributed by atoms with van der Waals surface area (Å²) in [5.74, 6) is 0.0379. The lowest BCUT2D eigenvalue weighted by Gasteiger charge is -2.34. The normalized spacial score (nSPS) is 14.8. The molecule has 0 aliphatic carbocycles. The molecular formula is C17H17N5OS. The maximum atomic E-state index is 12.7. The van der Waals surface area contributed by atoms with Crippen molar-refractivity contribution < 1.29 is 4.79 Å². The van der Waals surface area contributed by atoms with E-state index in [1.807, 2.05) is 46.8 Å². The van der Waals surface area contributed by atoms with E-state index in [4.69, 9.17) is 0 Å². The van der Waals surface area contributed by atoms with E-state index in [1.165, 1.54) is 0 Å². The van der Waals surface area contributed by atoms with Crippen LogP contribution in [-0.2, 0) is 0 Å².